The van der Waals surface area contributed by atoms with Gasteiger partial charge >= 0.3 is 11.9 Å². The molecule has 0 aliphatic rings. The van der Waals surface area contributed by atoms with Crippen molar-refractivity contribution in [1.82, 2.24) is 0 Å². The number of carbonyl (C=O) groups is 3. The monoisotopic (exact) mass is 330 g/mol. The zero-order valence-electron chi connectivity index (χ0n) is 13.3. The molecule has 2 aromatic rings. The molecule has 3 N–H and O–H groups in total. The van der Waals surface area contributed by atoms with Crippen LogP contribution in [0, 0.1) is 6.92 Å². The Balaban J connectivity index is 0.000000254. The molecular formula is C18H18O6. The smallest absolute Gasteiger partial charge is 0.339 e. The van der Waals surface area contributed by atoms with E-state index in [1.807, 2.05) is 30.3 Å². The molecule has 0 heterocycles. The summed E-state index contributed by atoms with van der Waals surface area (Å²) in [6.45, 7) is 2.94. The van der Waals surface area contributed by atoms with E-state index in [9.17, 15) is 19.5 Å². The van der Waals surface area contributed by atoms with Crippen LogP contribution in [0.25, 0.3) is 0 Å². The van der Waals surface area contributed by atoms with Crippen LogP contribution in [0.2, 0.25) is 0 Å². The molecule has 2 aromatic carbocycles. The highest BCUT2D eigenvalue weighted by Gasteiger charge is 2.18. The lowest BCUT2D eigenvalue weighted by atomic mass is 10.0. The predicted molar refractivity (Wildman–Crippen MR) is 87.6 cm³/mol. The summed E-state index contributed by atoms with van der Waals surface area (Å²) in [6, 6.07) is 12.0. The molecule has 0 spiro atoms. The highest BCUT2D eigenvalue weighted by Crippen LogP contribution is 2.23. The van der Waals surface area contributed by atoms with Crippen LogP contribution in [0.4, 0.5) is 0 Å². The van der Waals surface area contributed by atoms with Gasteiger partial charge in [0, 0.05) is 6.42 Å². The Morgan fingerprint density at radius 2 is 1.50 bits per heavy atom. The highest BCUT2D eigenvalue weighted by molar-refractivity contribution is 5.98. The van der Waals surface area contributed by atoms with Gasteiger partial charge < -0.3 is 15.3 Å². The highest BCUT2D eigenvalue weighted by atomic mass is 16.4. The lowest BCUT2D eigenvalue weighted by molar-refractivity contribution is -0.116. The number of carboxylic acids is 2. The molecule has 0 bridgehead atoms. The van der Waals surface area contributed by atoms with Gasteiger partial charge in [0.15, 0.2) is 0 Å². The van der Waals surface area contributed by atoms with E-state index in [0.717, 1.165) is 11.6 Å². The van der Waals surface area contributed by atoms with Crippen molar-refractivity contribution >= 4 is 17.7 Å². The number of benzene rings is 2. The normalized spacial score (nSPS) is 9.58. The Morgan fingerprint density at radius 1 is 0.917 bits per heavy atom. The number of carbonyl (C=O) groups excluding carboxylic acids is 1. The molecule has 0 aromatic heterocycles. The number of ketones is 1. The third-order valence-electron chi connectivity index (χ3n) is 3.18. The second-order valence-electron chi connectivity index (χ2n) is 5.11. The van der Waals surface area contributed by atoms with Crippen LogP contribution < -0.4 is 0 Å². The third-order valence-corrected chi connectivity index (χ3v) is 3.18. The molecule has 0 aliphatic heterocycles. The number of aromatic hydroxyl groups is 1. The Labute approximate surface area is 139 Å². The van der Waals surface area contributed by atoms with E-state index in [1.165, 1.54) is 13.0 Å². The van der Waals surface area contributed by atoms with Crippen molar-refractivity contribution in [3.63, 3.8) is 0 Å². The van der Waals surface area contributed by atoms with Crippen molar-refractivity contribution in [2.45, 2.75) is 20.3 Å². The average Bonchev–Trinajstić information content (AvgIpc) is 2.47. The molecule has 24 heavy (non-hydrogen) atoms. The zero-order valence-corrected chi connectivity index (χ0v) is 13.3. The van der Waals surface area contributed by atoms with Gasteiger partial charge in [0.2, 0.25) is 0 Å². The lowest BCUT2D eigenvalue weighted by Crippen LogP contribution is -2.07. The molecule has 6 nitrogen and oxygen atoms in total. The van der Waals surface area contributed by atoms with Gasteiger partial charge in [-0.15, -0.1) is 0 Å². The first-order valence-electron chi connectivity index (χ1n) is 7.06. The van der Waals surface area contributed by atoms with E-state index in [2.05, 4.69) is 0 Å². The first-order valence-corrected chi connectivity index (χ1v) is 7.06. The number of hydrogen-bond acceptors (Lipinski definition) is 4. The van der Waals surface area contributed by atoms with Crippen molar-refractivity contribution in [3.8, 4) is 5.75 Å². The van der Waals surface area contributed by atoms with Gasteiger partial charge in [-0.2, -0.15) is 0 Å². The summed E-state index contributed by atoms with van der Waals surface area (Å²) in [4.78, 5) is 31.9. The van der Waals surface area contributed by atoms with E-state index in [-0.39, 0.29) is 22.5 Å². The van der Waals surface area contributed by atoms with Crippen molar-refractivity contribution < 1.29 is 29.7 Å². The fourth-order valence-electron chi connectivity index (χ4n) is 2.08. The minimum absolute atomic E-state index is 0.0463. The van der Waals surface area contributed by atoms with Crippen LogP contribution >= 0.6 is 0 Å². The van der Waals surface area contributed by atoms with Gasteiger partial charge in [-0.25, -0.2) is 9.59 Å². The second-order valence-corrected chi connectivity index (χ2v) is 5.11. The van der Waals surface area contributed by atoms with Crippen molar-refractivity contribution in [3.05, 3.63) is 64.7 Å². The zero-order chi connectivity index (χ0) is 18.3. The quantitative estimate of drug-likeness (QED) is 0.794. The Kier molecular flexibility index (Phi) is 6.67. The van der Waals surface area contributed by atoms with Gasteiger partial charge in [0.1, 0.15) is 17.1 Å². The van der Waals surface area contributed by atoms with Crippen LogP contribution in [-0.2, 0) is 11.2 Å². The predicted octanol–water partition coefficient (Wildman–Crippen LogP) is 2.92. The summed E-state index contributed by atoms with van der Waals surface area (Å²) < 4.78 is 0. The van der Waals surface area contributed by atoms with Crippen LogP contribution in [0.3, 0.4) is 0 Å². The Bertz CT molecular complexity index is 750. The largest absolute Gasteiger partial charge is 0.507 e. The summed E-state index contributed by atoms with van der Waals surface area (Å²) in [5.41, 5.74) is 0.644. The molecule has 0 fully saturated rings. The third kappa shape index (κ3) is 5.24. The summed E-state index contributed by atoms with van der Waals surface area (Å²) in [5, 5.41) is 26.6. The van der Waals surface area contributed by atoms with Crippen molar-refractivity contribution in [1.29, 1.82) is 0 Å². The van der Waals surface area contributed by atoms with Crippen LogP contribution in [0.1, 0.15) is 38.8 Å². The molecule has 0 unspecified atom stereocenters. The lowest BCUT2D eigenvalue weighted by Gasteiger charge is -2.06. The Hall–Kier alpha value is -3.15. The number of Topliss-reactive ketones (excluding diaryl/α,β-unsaturated/α-hetero) is 1. The maximum Gasteiger partial charge on any atom is 0.339 e. The summed E-state index contributed by atoms with van der Waals surface area (Å²) >= 11 is 0. The topological polar surface area (TPSA) is 112 Å². The Morgan fingerprint density at radius 3 is 1.96 bits per heavy atom. The first-order chi connectivity index (χ1) is 11.2. The van der Waals surface area contributed by atoms with Crippen LogP contribution in [-0.4, -0.2) is 33.0 Å². The minimum atomic E-state index is -1.34. The maximum absolute atomic E-state index is 10.7. The van der Waals surface area contributed by atoms with E-state index in [1.54, 1.807) is 6.92 Å². The molecule has 0 atom stereocenters. The van der Waals surface area contributed by atoms with E-state index >= 15 is 0 Å². The second kappa shape index (κ2) is 8.47. The van der Waals surface area contributed by atoms with Crippen LogP contribution in [0.5, 0.6) is 5.75 Å². The minimum Gasteiger partial charge on any atom is -0.507 e. The first kappa shape index (κ1) is 18.9. The molecule has 0 saturated carbocycles. The van der Waals surface area contributed by atoms with E-state index < -0.39 is 17.7 Å². The molecule has 0 saturated heterocycles. The summed E-state index contributed by atoms with van der Waals surface area (Å²) in [6.07, 6.45) is 0.556. The molecule has 0 amide bonds. The SMILES string of the molecule is CC(=O)Cc1ccccc1.Cc1c(C(=O)O)ccc(O)c1C(=O)O. The van der Waals surface area contributed by atoms with Crippen molar-refractivity contribution in [2.75, 3.05) is 0 Å². The molecule has 2 rings (SSSR count). The number of hydrogen-bond donors (Lipinski definition) is 3. The number of phenols is 1. The van der Waals surface area contributed by atoms with Gasteiger partial charge in [-0.1, -0.05) is 30.3 Å². The summed E-state index contributed by atoms with van der Waals surface area (Å²) in [5.74, 6) is -2.78. The van der Waals surface area contributed by atoms with Gasteiger partial charge in [0.05, 0.1) is 5.56 Å². The van der Waals surface area contributed by atoms with E-state index in [0.29, 0.717) is 6.42 Å². The fraction of sp³-hybridized carbons (Fsp3) is 0.167. The number of carboxylic acid groups (broad SMARTS) is 2. The molecule has 0 aliphatic carbocycles. The molecule has 126 valence electrons. The van der Waals surface area contributed by atoms with Gasteiger partial charge in [0.25, 0.3) is 0 Å². The average molecular weight is 330 g/mol. The maximum atomic E-state index is 10.7. The molecule has 6 heteroatoms. The fourth-order valence-corrected chi connectivity index (χ4v) is 2.08. The van der Waals surface area contributed by atoms with Crippen molar-refractivity contribution in [2.24, 2.45) is 0 Å². The standard InChI is InChI=1S/C9H8O5.C9H10O/c1-4-5(8(11)12)2-3-6(10)7(4)9(13)14;1-8(10)7-9-5-3-2-4-6-9/h2-3,10H,1H3,(H,11,12)(H,13,14);2-6H,7H2,1H3. The molecular weight excluding hydrogens is 312 g/mol. The van der Waals surface area contributed by atoms with Crippen LogP contribution in [0.15, 0.2) is 42.5 Å². The van der Waals surface area contributed by atoms with E-state index in [4.69, 9.17) is 10.2 Å². The van der Waals surface area contributed by atoms with Gasteiger partial charge in [-0.3, -0.25) is 4.79 Å². The number of aromatic carboxylic acids is 2. The van der Waals surface area contributed by atoms with Gasteiger partial charge in [-0.05, 0) is 37.1 Å². The number of rotatable bonds is 4. The molecule has 0 radical (unpaired) electrons. The summed E-state index contributed by atoms with van der Waals surface area (Å²) in [7, 11) is 0.